The number of nitrogens with one attached hydrogen (secondary N) is 3. The number of oxime groups is 1. The molecule has 3 fully saturated rings. The van der Waals surface area contributed by atoms with Gasteiger partial charge in [0, 0.05) is 31.5 Å². The Balaban J connectivity index is 1.43. The number of alkyl carbamates (subject to hydrolysis) is 1. The molecule has 1 aromatic rings. The number of carbonyl (C=O) groups is 5. The average molecular weight is 718 g/mol. The first kappa shape index (κ1) is 37.2. The van der Waals surface area contributed by atoms with Crippen molar-refractivity contribution >= 4 is 46.9 Å². The number of halogens is 1. The van der Waals surface area contributed by atoms with Crippen LogP contribution in [0.5, 0.6) is 11.5 Å². The lowest BCUT2D eigenvalue weighted by Gasteiger charge is -2.35. The van der Waals surface area contributed by atoms with Crippen molar-refractivity contribution in [2.75, 3.05) is 27.8 Å². The molecule has 50 heavy (non-hydrogen) atoms. The molecule has 1 spiro atoms. The van der Waals surface area contributed by atoms with Gasteiger partial charge in [0.25, 0.3) is 5.91 Å². The molecule has 0 radical (unpaired) electrons. The van der Waals surface area contributed by atoms with Crippen LogP contribution in [0, 0.1) is 11.3 Å². The van der Waals surface area contributed by atoms with Crippen molar-refractivity contribution in [3.63, 3.8) is 0 Å². The largest absolute Gasteiger partial charge is 0.496 e. The number of rotatable bonds is 12. The van der Waals surface area contributed by atoms with Crippen molar-refractivity contribution in [3.05, 3.63) is 22.7 Å². The van der Waals surface area contributed by atoms with E-state index in [9.17, 15) is 24.0 Å². The van der Waals surface area contributed by atoms with E-state index in [2.05, 4.69) is 21.1 Å². The summed E-state index contributed by atoms with van der Waals surface area (Å²) in [4.78, 5) is 74.7. The summed E-state index contributed by atoms with van der Waals surface area (Å²) in [5.74, 6) is -1.63. The molecule has 2 heterocycles. The molecule has 2 aliphatic heterocycles. The Hall–Kier alpha value is -4.07. The smallest absolute Gasteiger partial charge is 0.408 e. The Morgan fingerprint density at radius 1 is 1.04 bits per heavy atom. The van der Waals surface area contributed by atoms with E-state index in [1.807, 2.05) is 20.8 Å². The number of likely N-dealkylation sites (N-methyl/N-ethyl adjacent to an activating group) is 1. The summed E-state index contributed by atoms with van der Waals surface area (Å²) in [6.07, 6.45) is 4.86. The van der Waals surface area contributed by atoms with Crippen LogP contribution < -0.4 is 25.4 Å². The number of carbonyl (C=O) groups excluding carboxylic acids is 5. The maximum absolute atomic E-state index is 14.5. The van der Waals surface area contributed by atoms with Crippen molar-refractivity contribution in [2.45, 2.75) is 108 Å². The highest BCUT2D eigenvalue weighted by molar-refractivity contribution is 6.38. The number of Topliss-reactive ketones (excluding diaryl/α,β-unsaturated/α-hetero) is 1. The van der Waals surface area contributed by atoms with Crippen LogP contribution in [0.1, 0.15) is 84.1 Å². The van der Waals surface area contributed by atoms with Crippen molar-refractivity contribution in [3.8, 4) is 11.5 Å². The van der Waals surface area contributed by atoms with Gasteiger partial charge in [-0.25, -0.2) is 4.79 Å². The zero-order valence-electron chi connectivity index (χ0n) is 29.6. The normalized spacial score (nSPS) is 23.1. The minimum atomic E-state index is -1.13. The first-order valence-corrected chi connectivity index (χ1v) is 17.6. The van der Waals surface area contributed by atoms with Gasteiger partial charge in [-0.05, 0) is 49.5 Å². The highest BCUT2D eigenvalue weighted by atomic mass is 35.5. The van der Waals surface area contributed by atoms with E-state index in [0.29, 0.717) is 34.2 Å². The highest BCUT2D eigenvalue weighted by Crippen LogP contribution is 2.43. The van der Waals surface area contributed by atoms with E-state index >= 15 is 0 Å². The second-order valence-corrected chi connectivity index (χ2v) is 15.2. The van der Waals surface area contributed by atoms with Crippen LogP contribution in [-0.2, 0) is 28.8 Å². The van der Waals surface area contributed by atoms with E-state index in [4.69, 9.17) is 30.6 Å². The monoisotopic (exact) mass is 717 g/mol. The van der Waals surface area contributed by atoms with Gasteiger partial charge < -0.3 is 39.9 Å². The summed E-state index contributed by atoms with van der Waals surface area (Å²) in [5, 5.41) is 12.6. The molecule has 2 saturated carbocycles. The average Bonchev–Trinajstić information content (AvgIpc) is 3.42. The number of nitrogens with zero attached hydrogens (tertiary/aromatic N) is 2. The summed E-state index contributed by atoms with van der Waals surface area (Å²) in [6, 6.07) is 0.0437. The van der Waals surface area contributed by atoms with E-state index in [1.165, 1.54) is 26.2 Å². The fourth-order valence-corrected chi connectivity index (χ4v) is 7.19. The molecule has 0 bridgehead atoms. The van der Waals surface area contributed by atoms with Crippen LogP contribution in [0.4, 0.5) is 4.79 Å². The highest BCUT2D eigenvalue weighted by Gasteiger charge is 2.56. The molecule has 4 aliphatic rings. The molecule has 4 amide bonds. The molecule has 1 aromatic carbocycles. The zero-order chi connectivity index (χ0) is 36.4. The molecule has 3 N–H and O–H groups in total. The third-order valence-electron chi connectivity index (χ3n) is 9.91. The minimum Gasteiger partial charge on any atom is -0.496 e. The molecular weight excluding hydrogens is 670 g/mol. The number of amides is 4. The molecule has 15 heteroatoms. The lowest BCUT2D eigenvalue weighted by atomic mass is 9.85. The van der Waals surface area contributed by atoms with Gasteiger partial charge in [-0.15, -0.1) is 0 Å². The maximum atomic E-state index is 14.5. The Labute approximate surface area is 297 Å². The molecule has 4 atom stereocenters. The number of benzene rings is 1. The Morgan fingerprint density at radius 3 is 2.32 bits per heavy atom. The third-order valence-corrected chi connectivity index (χ3v) is 10.2. The maximum Gasteiger partial charge on any atom is 0.408 e. The van der Waals surface area contributed by atoms with Gasteiger partial charge in [0.1, 0.15) is 29.7 Å². The third kappa shape index (κ3) is 8.27. The number of ether oxygens (including phenoxy) is 3. The van der Waals surface area contributed by atoms with Crippen LogP contribution in [0.3, 0.4) is 0 Å². The number of methoxy groups -OCH3 is 2. The second-order valence-electron chi connectivity index (χ2n) is 14.8. The molecule has 5 rings (SSSR count). The van der Waals surface area contributed by atoms with Crippen molar-refractivity contribution in [2.24, 2.45) is 16.5 Å². The molecule has 14 nitrogen and oxygen atoms in total. The van der Waals surface area contributed by atoms with Crippen molar-refractivity contribution < 1.29 is 43.0 Å². The summed E-state index contributed by atoms with van der Waals surface area (Å²) < 4.78 is 16.6. The minimum absolute atomic E-state index is 0.0253. The fourth-order valence-electron chi connectivity index (χ4n) is 6.95. The fraction of sp³-hybridized carbons (Fsp3) is 0.657. The molecule has 0 aromatic heterocycles. The van der Waals surface area contributed by atoms with Gasteiger partial charge in [-0.2, -0.15) is 0 Å². The van der Waals surface area contributed by atoms with Gasteiger partial charge >= 0.3 is 6.09 Å². The van der Waals surface area contributed by atoms with Gasteiger partial charge in [-0.3, -0.25) is 19.2 Å². The summed E-state index contributed by atoms with van der Waals surface area (Å²) in [6.45, 7) is 5.39. The number of likely N-dealkylation sites (tertiary alicyclic amines) is 1. The number of hydrogen-bond donors (Lipinski definition) is 3. The van der Waals surface area contributed by atoms with Crippen LogP contribution >= 0.6 is 11.6 Å². The molecule has 1 saturated heterocycles. The molecular formula is C35H48ClN5O9. The number of hydrogen-bond acceptors (Lipinski definition) is 10. The van der Waals surface area contributed by atoms with Gasteiger partial charge in [0.2, 0.25) is 17.6 Å². The van der Waals surface area contributed by atoms with Crippen molar-refractivity contribution in [1.82, 2.24) is 20.9 Å². The number of ketones is 1. The van der Waals surface area contributed by atoms with E-state index in [-0.39, 0.29) is 31.4 Å². The second kappa shape index (κ2) is 15.0. The topological polar surface area (TPSA) is 174 Å². The van der Waals surface area contributed by atoms with Crippen LogP contribution in [0.15, 0.2) is 17.3 Å². The van der Waals surface area contributed by atoms with E-state index < -0.39 is 58.7 Å². The Morgan fingerprint density at radius 2 is 1.72 bits per heavy atom. The van der Waals surface area contributed by atoms with Crippen molar-refractivity contribution in [1.29, 1.82) is 0 Å². The van der Waals surface area contributed by atoms with Gasteiger partial charge in [-0.1, -0.05) is 50.4 Å². The summed E-state index contributed by atoms with van der Waals surface area (Å²) in [5.41, 5.74) is -0.858. The quantitative estimate of drug-likeness (QED) is 0.274. The lowest BCUT2D eigenvalue weighted by molar-refractivity contribution is -0.144. The predicted molar refractivity (Wildman–Crippen MR) is 183 cm³/mol. The Bertz CT molecular complexity index is 1530. The van der Waals surface area contributed by atoms with Crippen LogP contribution in [0.2, 0.25) is 5.02 Å². The predicted octanol–water partition coefficient (Wildman–Crippen LogP) is 3.50. The van der Waals surface area contributed by atoms with E-state index in [0.717, 1.165) is 38.5 Å². The van der Waals surface area contributed by atoms with Gasteiger partial charge in [0.05, 0.1) is 37.5 Å². The SMILES string of the molecule is CNC(=O)C(=O)[C@H](CC1CC1)NC(=O)[C@@H]1C[C@]2(CC(c3cc(Cl)c(OC)cc3OC)=NO2)CN1C(=O)[C@@H](NC(=O)OC1CCCC1)C(C)(C)C. The van der Waals surface area contributed by atoms with Crippen LogP contribution in [-0.4, -0.2) is 97.9 Å². The first-order valence-electron chi connectivity index (χ1n) is 17.2. The summed E-state index contributed by atoms with van der Waals surface area (Å²) in [7, 11) is 4.35. The first-order chi connectivity index (χ1) is 23.7. The van der Waals surface area contributed by atoms with Gasteiger partial charge in [0.15, 0.2) is 5.60 Å². The molecule has 274 valence electrons. The lowest BCUT2D eigenvalue weighted by Crippen LogP contribution is -2.59. The molecule has 2 aliphatic carbocycles. The van der Waals surface area contributed by atoms with E-state index in [1.54, 1.807) is 12.1 Å². The standard InChI is InChI=1S/C35H48ClN5O9/c1-34(2,3)29(39-33(46)49-20-9-7-8-10-20)32(45)41-18-35(16-24(40-50-35)21-14-22(36)27(48-6)15-26(21)47-5)17-25(41)30(43)38-23(13-19-11-12-19)28(42)31(44)37-4/h14-15,19-20,23,25,29H,7-13,16-18H2,1-6H3,(H,37,44)(H,38,43)(H,39,46)/t23-,25-,29+,35+/m0/s1. The Kier molecular flexibility index (Phi) is 11.2. The zero-order valence-corrected chi connectivity index (χ0v) is 30.3. The van der Waals surface area contributed by atoms with Crippen LogP contribution in [0.25, 0.3) is 0 Å². The molecule has 0 unspecified atom stereocenters. The summed E-state index contributed by atoms with van der Waals surface area (Å²) >= 11 is 6.45.